The molecule has 8 nitrogen and oxygen atoms in total. The van der Waals surface area contributed by atoms with Gasteiger partial charge >= 0.3 is 18.2 Å². The van der Waals surface area contributed by atoms with E-state index in [0.717, 1.165) is 34.7 Å². The fraction of sp³-hybridized carbons (Fsp3) is 0.278. The van der Waals surface area contributed by atoms with Crippen molar-refractivity contribution in [1.82, 2.24) is 9.97 Å². The minimum absolute atomic E-state index is 0.0418. The zero-order chi connectivity index (χ0) is 21.2. The van der Waals surface area contributed by atoms with E-state index < -0.39 is 12.1 Å². The SMILES string of the molecule is Cc1ccncc1N1CCN(c2cnc3c(c2)N=CC3)C1=O.O=C(O)C(F)(F)F. The van der Waals surface area contributed by atoms with E-state index in [9.17, 15) is 18.0 Å². The van der Waals surface area contributed by atoms with E-state index in [1.165, 1.54) is 0 Å². The van der Waals surface area contributed by atoms with Crippen LogP contribution in [0.5, 0.6) is 0 Å². The lowest BCUT2D eigenvalue weighted by Gasteiger charge is -2.20. The maximum atomic E-state index is 12.7. The van der Waals surface area contributed by atoms with Gasteiger partial charge in [0, 0.05) is 31.9 Å². The highest BCUT2D eigenvalue weighted by Gasteiger charge is 2.38. The van der Waals surface area contributed by atoms with Crippen molar-refractivity contribution < 1.29 is 27.9 Å². The van der Waals surface area contributed by atoms with Crippen molar-refractivity contribution in [2.45, 2.75) is 19.5 Å². The number of aromatic nitrogens is 2. The number of amides is 2. The molecule has 2 aromatic rings. The second-order valence-corrected chi connectivity index (χ2v) is 6.23. The number of carboxylic acids is 1. The molecule has 1 N–H and O–H groups in total. The van der Waals surface area contributed by atoms with Gasteiger partial charge in [0.25, 0.3) is 0 Å². The van der Waals surface area contributed by atoms with Gasteiger partial charge in [-0.25, -0.2) is 9.59 Å². The number of halogens is 3. The molecule has 0 saturated carbocycles. The van der Waals surface area contributed by atoms with E-state index in [2.05, 4.69) is 15.0 Å². The summed E-state index contributed by atoms with van der Waals surface area (Å²) in [6.07, 6.45) is 2.76. The Labute approximate surface area is 163 Å². The number of carbonyl (C=O) groups is 2. The van der Waals surface area contributed by atoms with Crippen LogP contribution in [0.1, 0.15) is 11.3 Å². The average molecular weight is 407 g/mol. The van der Waals surface area contributed by atoms with Gasteiger partial charge in [0.2, 0.25) is 0 Å². The smallest absolute Gasteiger partial charge is 0.475 e. The van der Waals surface area contributed by atoms with Gasteiger partial charge in [-0.3, -0.25) is 24.8 Å². The molecule has 11 heteroatoms. The van der Waals surface area contributed by atoms with E-state index in [1.54, 1.807) is 28.4 Å². The first kappa shape index (κ1) is 20.2. The van der Waals surface area contributed by atoms with Crippen molar-refractivity contribution in [3.8, 4) is 0 Å². The molecule has 0 bridgehead atoms. The minimum Gasteiger partial charge on any atom is -0.475 e. The molecule has 0 radical (unpaired) electrons. The number of aryl methyl sites for hydroxylation is 1. The maximum Gasteiger partial charge on any atom is 0.490 e. The first-order valence-corrected chi connectivity index (χ1v) is 8.49. The average Bonchev–Trinajstić information content (AvgIpc) is 3.27. The summed E-state index contributed by atoms with van der Waals surface area (Å²) in [6, 6.07) is 3.81. The quantitative estimate of drug-likeness (QED) is 0.825. The molecule has 1 fully saturated rings. The summed E-state index contributed by atoms with van der Waals surface area (Å²) in [5, 5.41) is 7.12. The number of urea groups is 1. The third kappa shape index (κ3) is 4.33. The van der Waals surface area contributed by atoms with Crippen LogP contribution in [-0.4, -0.2) is 52.6 Å². The Morgan fingerprint density at radius 1 is 1.21 bits per heavy atom. The van der Waals surface area contributed by atoms with Gasteiger partial charge in [-0.15, -0.1) is 0 Å². The van der Waals surface area contributed by atoms with Crippen LogP contribution in [0.15, 0.2) is 35.7 Å². The molecule has 1 saturated heterocycles. The predicted molar refractivity (Wildman–Crippen MR) is 98.8 cm³/mol. The molecule has 2 aliphatic heterocycles. The van der Waals surface area contributed by atoms with E-state index in [1.807, 2.05) is 25.3 Å². The highest BCUT2D eigenvalue weighted by molar-refractivity contribution is 6.06. The summed E-state index contributed by atoms with van der Waals surface area (Å²) >= 11 is 0. The van der Waals surface area contributed by atoms with Gasteiger partial charge in [0.05, 0.1) is 35.1 Å². The van der Waals surface area contributed by atoms with Crippen molar-refractivity contribution in [1.29, 1.82) is 0 Å². The third-order valence-electron chi connectivity index (χ3n) is 4.31. The van der Waals surface area contributed by atoms with E-state index in [-0.39, 0.29) is 6.03 Å². The molecule has 0 spiro atoms. The van der Waals surface area contributed by atoms with Gasteiger partial charge in [-0.05, 0) is 24.6 Å². The number of carboxylic acid groups (broad SMARTS) is 1. The fourth-order valence-corrected chi connectivity index (χ4v) is 2.86. The van der Waals surface area contributed by atoms with Crippen LogP contribution in [0.3, 0.4) is 0 Å². The molecule has 2 aliphatic rings. The molecule has 2 amide bonds. The Kier molecular flexibility index (Phi) is 5.48. The number of hydrogen-bond acceptors (Lipinski definition) is 5. The predicted octanol–water partition coefficient (Wildman–Crippen LogP) is 3.12. The number of pyridine rings is 2. The van der Waals surface area contributed by atoms with Crippen LogP contribution < -0.4 is 9.80 Å². The summed E-state index contributed by atoms with van der Waals surface area (Å²) in [5.74, 6) is -2.76. The van der Waals surface area contributed by atoms with Crippen molar-refractivity contribution >= 4 is 35.3 Å². The monoisotopic (exact) mass is 407 g/mol. The molecular formula is C18H16F3N5O3. The zero-order valence-corrected chi connectivity index (χ0v) is 15.2. The summed E-state index contributed by atoms with van der Waals surface area (Å²) in [5.41, 5.74) is 4.53. The van der Waals surface area contributed by atoms with Gasteiger partial charge in [0.15, 0.2) is 0 Å². The van der Waals surface area contributed by atoms with Crippen LogP contribution in [0, 0.1) is 6.92 Å². The number of nitrogens with zero attached hydrogens (tertiary/aromatic N) is 5. The Morgan fingerprint density at radius 2 is 1.90 bits per heavy atom. The molecule has 0 aromatic carbocycles. The largest absolute Gasteiger partial charge is 0.490 e. The molecule has 0 aliphatic carbocycles. The molecule has 2 aromatic heterocycles. The minimum atomic E-state index is -5.08. The molecule has 4 rings (SSSR count). The Hall–Kier alpha value is -3.50. The molecule has 0 atom stereocenters. The second-order valence-electron chi connectivity index (χ2n) is 6.23. The summed E-state index contributed by atoms with van der Waals surface area (Å²) < 4.78 is 31.7. The van der Waals surface area contributed by atoms with Crippen molar-refractivity contribution in [3.63, 3.8) is 0 Å². The molecule has 29 heavy (non-hydrogen) atoms. The Morgan fingerprint density at radius 3 is 2.55 bits per heavy atom. The van der Waals surface area contributed by atoms with Crippen molar-refractivity contribution in [3.05, 3.63) is 42.0 Å². The summed E-state index contributed by atoms with van der Waals surface area (Å²) in [6.45, 7) is 3.27. The van der Waals surface area contributed by atoms with Crippen molar-refractivity contribution in [2.24, 2.45) is 4.99 Å². The lowest BCUT2D eigenvalue weighted by molar-refractivity contribution is -0.192. The Bertz CT molecular complexity index is 977. The fourth-order valence-electron chi connectivity index (χ4n) is 2.86. The van der Waals surface area contributed by atoms with E-state index in [4.69, 9.17) is 9.90 Å². The number of carbonyl (C=O) groups excluding carboxylic acids is 1. The first-order valence-electron chi connectivity index (χ1n) is 8.49. The zero-order valence-electron chi connectivity index (χ0n) is 15.2. The molecule has 4 heterocycles. The lowest BCUT2D eigenvalue weighted by atomic mass is 10.2. The number of alkyl halides is 3. The summed E-state index contributed by atoms with van der Waals surface area (Å²) in [4.78, 5) is 37.9. The maximum absolute atomic E-state index is 12.7. The molecule has 152 valence electrons. The van der Waals surface area contributed by atoms with E-state index >= 15 is 0 Å². The van der Waals surface area contributed by atoms with Crippen LogP contribution in [-0.2, 0) is 11.2 Å². The molecular weight excluding hydrogens is 391 g/mol. The van der Waals surface area contributed by atoms with Crippen LogP contribution in [0.4, 0.5) is 35.0 Å². The van der Waals surface area contributed by atoms with Crippen LogP contribution >= 0.6 is 0 Å². The topological polar surface area (TPSA) is 99.0 Å². The lowest BCUT2D eigenvalue weighted by Crippen LogP contribution is -2.32. The number of hydrogen-bond donors (Lipinski definition) is 1. The number of anilines is 2. The first-order chi connectivity index (χ1) is 13.7. The van der Waals surface area contributed by atoms with Crippen molar-refractivity contribution in [2.75, 3.05) is 22.9 Å². The number of fused-ring (bicyclic) bond motifs is 1. The summed E-state index contributed by atoms with van der Waals surface area (Å²) in [7, 11) is 0. The second kappa shape index (κ2) is 7.86. The number of rotatable bonds is 2. The normalized spacial score (nSPS) is 15.2. The standard InChI is InChI=1S/C16H15N5O.C2HF3O2/c1-11-2-4-17-10-15(11)21-7-6-20(16(21)22)12-8-14-13(19-9-12)3-5-18-14;3-2(4,5)1(6)7/h2,4-5,8-10H,3,6-7H2,1H3;(H,6,7). The highest BCUT2D eigenvalue weighted by atomic mass is 19.4. The van der Waals surface area contributed by atoms with Gasteiger partial charge in [-0.1, -0.05) is 0 Å². The molecule has 0 unspecified atom stereocenters. The van der Waals surface area contributed by atoms with Crippen LogP contribution in [0.2, 0.25) is 0 Å². The van der Waals surface area contributed by atoms with E-state index in [0.29, 0.717) is 13.1 Å². The third-order valence-corrected chi connectivity index (χ3v) is 4.31. The van der Waals surface area contributed by atoms with Gasteiger partial charge in [-0.2, -0.15) is 13.2 Å². The van der Waals surface area contributed by atoms with Gasteiger partial charge in [0.1, 0.15) is 0 Å². The van der Waals surface area contributed by atoms with Crippen LogP contribution in [0.25, 0.3) is 0 Å². The Balaban J connectivity index is 0.000000298. The number of aliphatic imine (C=N–C) groups is 1. The van der Waals surface area contributed by atoms with Gasteiger partial charge < -0.3 is 5.11 Å². The number of aliphatic carboxylic acids is 1. The highest BCUT2D eigenvalue weighted by Crippen LogP contribution is 2.31.